The van der Waals surface area contributed by atoms with E-state index in [9.17, 15) is 5.26 Å². The Balaban J connectivity index is 1.63. The number of fused-ring (bicyclic) bond motifs is 1. The molecule has 0 amide bonds. The molecule has 5 nitrogen and oxygen atoms in total. The highest BCUT2D eigenvalue weighted by Gasteiger charge is 2.41. The first-order chi connectivity index (χ1) is 11.7. The average Bonchev–Trinajstić information content (AvgIpc) is 3.10. The topological polar surface area (TPSA) is 68.6 Å². The van der Waals surface area contributed by atoms with Crippen LogP contribution in [0, 0.1) is 11.3 Å². The normalized spacial score (nSPS) is 24.0. The van der Waals surface area contributed by atoms with Gasteiger partial charge in [-0.2, -0.15) is 5.26 Å². The molecule has 2 atom stereocenters. The van der Waals surface area contributed by atoms with Crippen LogP contribution in [0.1, 0.15) is 25.5 Å². The van der Waals surface area contributed by atoms with Crippen molar-refractivity contribution in [2.75, 3.05) is 11.4 Å². The lowest BCUT2D eigenvalue weighted by Gasteiger charge is -2.43. The standard InChI is InChI=1S/C19H19N5/c1-14-9-19(12-20,18-4-6-21-13-23-18)5-7-24(14)17-3-2-15-10-22-11-16(15)8-17/h2-4,6,8,10-11,13-14,22H,5,7,9H2,1H3. The van der Waals surface area contributed by atoms with Crippen LogP contribution in [0.4, 0.5) is 5.69 Å². The summed E-state index contributed by atoms with van der Waals surface area (Å²) < 4.78 is 0. The third kappa shape index (κ3) is 2.31. The van der Waals surface area contributed by atoms with Crippen LogP contribution in [-0.4, -0.2) is 27.5 Å². The van der Waals surface area contributed by atoms with Crippen molar-refractivity contribution in [3.63, 3.8) is 0 Å². The Morgan fingerprint density at radius 3 is 2.92 bits per heavy atom. The molecule has 0 saturated carbocycles. The predicted molar refractivity (Wildman–Crippen MR) is 93.7 cm³/mol. The summed E-state index contributed by atoms with van der Waals surface area (Å²) in [7, 11) is 0. The number of nitrogens with zero attached hydrogens (tertiary/aromatic N) is 4. The molecule has 2 aromatic heterocycles. The van der Waals surface area contributed by atoms with E-state index in [2.05, 4.69) is 51.0 Å². The zero-order valence-electron chi connectivity index (χ0n) is 13.6. The number of aromatic amines is 1. The molecule has 0 spiro atoms. The van der Waals surface area contributed by atoms with Gasteiger partial charge in [0.25, 0.3) is 0 Å². The van der Waals surface area contributed by atoms with Crippen molar-refractivity contribution in [3.8, 4) is 6.07 Å². The quantitative estimate of drug-likeness (QED) is 0.786. The van der Waals surface area contributed by atoms with Gasteiger partial charge in [-0.1, -0.05) is 6.07 Å². The van der Waals surface area contributed by atoms with E-state index in [1.54, 1.807) is 6.20 Å². The van der Waals surface area contributed by atoms with Gasteiger partial charge in [-0.25, -0.2) is 9.97 Å². The van der Waals surface area contributed by atoms with E-state index in [-0.39, 0.29) is 6.04 Å². The van der Waals surface area contributed by atoms with E-state index in [4.69, 9.17) is 0 Å². The Labute approximate surface area is 141 Å². The lowest BCUT2D eigenvalue weighted by molar-refractivity contribution is 0.352. The minimum atomic E-state index is -0.517. The van der Waals surface area contributed by atoms with E-state index < -0.39 is 5.41 Å². The minimum absolute atomic E-state index is 0.268. The van der Waals surface area contributed by atoms with Gasteiger partial charge < -0.3 is 9.88 Å². The molecule has 1 aliphatic heterocycles. The number of rotatable bonds is 2. The lowest BCUT2D eigenvalue weighted by atomic mass is 9.74. The third-order valence-corrected chi connectivity index (χ3v) is 5.12. The van der Waals surface area contributed by atoms with Crippen molar-refractivity contribution < 1.29 is 0 Å². The van der Waals surface area contributed by atoms with Gasteiger partial charge >= 0.3 is 0 Å². The van der Waals surface area contributed by atoms with Crippen molar-refractivity contribution in [2.24, 2.45) is 0 Å². The first kappa shape index (κ1) is 14.7. The molecule has 0 aliphatic carbocycles. The van der Waals surface area contributed by atoms with Gasteiger partial charge in [0, 0.05) is 42.3 Å². The maximum Gasteiger partial charge on any atom is 0.115 e. The Bertz CT molecular complexity index is 895. The first-order valence-corrected chi connectivity index (χ1v) is 8.23. The summed E-state index contributed by atoms with van der Waals surface area (Å²) in [6.07, 6.45) is 8.83. The summed E-state index contributed by atoms with van der Waals surface area (Å²) in [5, 5.41) is 12.3. The third-order valence-electron chi connectivity index (χ3n) is 5.12. The Kier molecular flexibility index (Phi) is 3.46. The highest BCUT2D eigenvalue weighted by Crippen LogP contribution is 2.38. The number of nitrogens with one attached hydrogen (secondary N) is 1. The summed E-state index contributed by atoms with van der Waals surface area (Å²) >= 11 is 0. The van der Waals surface area contributed by atoms with Crippen LogP contribution in [0.25, 0.3) is 10.8 Å². The molecule has 1 aliphatic rings. The first-order valence-electron chi connectivity index (χ1n) is 8.23. The monoisotopic (exact) mass is 317 g/mol. The number of hydrogen-bond donors (Lipinski definition) is 1. The van der Waals surface area contributed by atoms with E-state index >= 15 is 0 Å². The molecule has 5 heteroatoms. The molecule has 1 fully saturated rings. The van der Waals surface area contributed by atoms with Gasteiger partial charge in [-0.3, -0.25) is 0 Å². The van der Waals surface area contributed by atoms with Crippen molar-refractivity contribution in [1.29, 1.82) is 5.26 Å². The molecule has 3 aromatic rings. The number of benzene rings is 1. The van der Waals surface area contributed by atoms with Crippen molar-refractivity contribution in [1.82, 2.24) is 15.0 Å². The predicted octanol–water partition coefficient (Wildman–Crippen LogP) is 3.41. The van der Waals surface area contributed by atoms with Crippen LogP contribution in [0.2, 0.25) is 0 Å². The summed E-state index contributed by atoms with van der Waals surface area (Å²) in [6, 6.07) is 11.2. The molecule has 0 radical (unpaired) electrons. The van der Waals surface area contributed by atoms with E-state index in [1.165, 1.54) is 22.8 Å². The molecule has 3 heterocycles. The zero-order chi connectivity index (χ0) is 16.6. The highest BCUT2D eigenvalue weighted by atomic mass is 15.2. The van der Waals surface area contributed by atoms with Gasteiger partial charge in [0.05, 0.1) is 11.8 Å². The maximum atomic E-state index is 9.85. The molecular weight excluding hydrogens is 298 g/mol. The van der Waals surface area contributed by atoms with Crippen molar-refractivity contribution >= 4 is 16.5 Å². The SMILES string of the molecule is CC1CC(C#N)(c2ccncn2)CCN1c1ccc2c[nH]cc2c1. The van der Waals surface area contributed by atoms with Crippen LogP contribution < -0.4 is 4.90 Å². The van der Waals surface area contributed by atoms with Crippen LogP contribution in [-0.2, 0) is 5.41 Å². The van der Waals surface area contributed by atoms with E-state index in [0.717, 1.165) is 25.1 Å². The van der Waals surface area contributed by atoms with Gasteiger partial charge in [-0.05, 0) is 43.4 Å². The van der Waals surface area contributed by atoms with Crippen LogP contribution in [0.5, 0.6) is 0 Å². The second kappa shape index (κ2) is 5.64. The number of hydrogen-bond acceptors (Lipinski definition) is 4. The smallest absolute Gasteiger partial charge is 0.115 e. The summed E-state index contributed by atoms with van der Waals surface area (Å²) in [5.74, 6) is 0. The summed E-state index contributed by atoms with van der Waals surface area (Å²) in [4.78, 5) is 13.9. The van der Waals surface area contributed by atoms with Gasteiger partial charge in [0.15, 0.2) is 0 Å². The fourth-order valence-electron chi connectivity index (χ4n) is 3.82. The zero-order valence-corrected chi connectivity index (χ0v) is 13.6. The largest absolute Gasteiger partial charge is 0.369 e. The number of anilines is 1. The number of H-pyrrole nitrogens is 1. The van der Waals surface area contributed by atoms with Crippen LogP contribution >= 0.6 is 0 Å². The summed E-state index contributed by atoms with van der Waals surface area (Å²) in [5.41, 5.74) is 1.54. The van der Waals surface area contributed by atoms with E-state index in [0.29, 0.717) is 0 Å². The Morgan fingerprint density at radius 1 is 1.29 bits per heavy atom. The average molecular weight is 317 g/mol. The molecule has 1 N–H and O–H groups in total. The molecule has 24 heavy (non-hydrogen) atoms. The molecule has 4 rings (SSSR count). The molecular formula is C19H19N5. The molecule has 120 valence electrons. The number of nitriles is 1. The van der Waals surface area contributed by atoms with Gasteiger partial charge in [-0.15, -0.1) is 0 Å². The Morgan fingerprint density at radius 2 is 2.17 bits per heavy atom. The van der Waals surface area contributed by atoms with Crippen molar-refractivity contribution in [2.45, 2.75) is 31.2 Å². The van der Waals surface area contributed by atoms with Gasteiger partial charge in [0.1, 0.15) is 11.7 Å². The Hall–Kier alpha value is -2.87. The lowest BCUT2D eigenvalue weighted by Crippen LogP contribution is -2.47. The minimum Gasteiger partial charge on any atom is -0.369 e. The number of aromatic nitrogens is 3. The molecule has 0 bridgehead atoms. The van der Waals surface area contributed by atoms with Crippen molar-refractivity contribution in [3.05, 3.63) is 54.9 Å². The van der Waals surface area contributed by atoms with Crippen LogP contribution in [0.3, 0.4) is 0 Å². The summed E-state index contributed by atoms with van der Waals surface area (Å²) in [6.45, 7) is 3.03. The second-order valence-electron chi connectivity index (χ2n) is 6.55. The number of piperidine rings is 1. The van der Waals surface area contributed by atoms with Crippen LogP contribution in [0.15, 0.2) is 49.2 Å². The highest BCUT2D eigenvalue weighted by molar-refractivity contribution is 5.85. The molecule has 1 saturated heterocycles. The molecule has 2 unspecified atom stereocenters. The maximum absolute atomic E-state index is 9.85. The van der Waals surface area contributed by atoms with Gasteiger partial charge in [0.2, 0.25) is 0 Å². The molecule has 1 aromatic carbocycles. The fraction of sp³-hybridized carbons (Fsp3) is 0.316. The fourth-order valence-corrected chi connectivity index (χ4v) is 3.82. The second-order valence-corrected chi connectivity index (χ2v) is 6.55. The van der Waals surface area contributed by atoms with E-state index in [1.807, 2.05) is 18.5 Å².